The molecule has 9 aromatic carbocycles. The van der Waals surface area contributed by atoms with Crippen molar-refractivity contribution >= 4 is 102 Å². The lowest BCUT2D eigenvalue weighted by Crippen LogP contribution is -2.58. The van der Waals surface area contributed by atoms with Crippen LogP contribution in [-0.4, -0.2) is 80.9 Å². The minimum absolute atomic E-state index is 0.0402. The molecule has 0 aromatic heterocycles. The number of ether oxygens (including phenoxy) is 4. The first-order chi connectivity index (χ1) is 44.2. The van der Waals surface area contributed by atoms with E-state index in [2.05, 4.69) is 37.5 Å². The zero-order chi connectivity index (χ0) is 63.4. The van der Waals surface area contributed by atoms with Crippen molar-refractivity contribution in [1.29, 1.82) is 0 Å². The van der Waals surface area contributed by atoms with Gasteiger partial charge in [-0.15, -0.1) is 0 Å². The lowest BCUT2D eigenvalue weighted by atomic mass is 9.76. The van der Waals surface area contributed by atoms with E-state index in [1.54, 1.807) is 36.4 Å². The molecule has 2 atom stereocenters. The largest absolute Gasteiger partial charge is 0.463 e. The predicted octanol–water partition coefficient (Wildman–Crippen LogP) is 16.1. The van der Waals surface area contributed by atoms with Crippen LogP contribution < -0.4 is 28.7 Å². The van der Waals surface area contributed by atoms with Gasteiger partial charge in [0.05, 0.1) is 31.8 Å². The quantitative estimate of drug-likeness (QED) is 0.0456. The number of carbonyl (C=O) groups excluding carboxylic acids is 4. The van der Waals surface area contributed by atoms with Gasteiger partial charge in [0.2, 0.25) is 11.4 Å². The van der Waals surface area contributed by atoms with Crippen LogP contribution in [0.4, 0.5) is 22.7 Å². The van der Waals surface area contributed by atoms with Gasteiger partial charge in [-0.05, 0) is 172 Å². The van der Waals surface area contributed by atoms with Gasteiger partial charge in [0.15, 0.2) is 0 Å². The van der Waals surface area contributed by atoms with Crippen LogP contribution in [0.5, 0.6) is 34.5 Å². The number of non-ortho nitro benzene ring substituents is 2. The number of likely N-dealkylation sites (N-methyl/N-ethyl adjacent to an activating group) is 2. The molecule has 18 nitrogen and oxygen atoms in total. The van der Waals surface area contributed by atoms with Gasteiger partial charge in [0, 0.05) is 116 Å². The summed E-state index contributed by atoms with van der Waals surface area (Å²) in [5, 5.41) is 28.0. The molecule has 460 valence electrons. The first-order valence-corrected chi connectivity index (χ1v) is 31.7. The number of nitro benzene ring substituents is 2. The van der Waals surface area contributed by atoms with E-state index in [0.29, 0.717) is 137 Å². The maximum absolute atomic E-state index is 15.6. The molecule has 2 aliphatic carbocycles. The Bertz CT molecular complexity index is 4670. The van der Waals surface area contributed by atoms with E-state index in [0.717, 1.165) is 61.0 Å². The van der Waals surface area contributed by atoms with E-state index in [1.165, 1.54) is 34.1 Å². The molecule has 2 fully saturated rings. The zero-order valence-corrected chi connectivity index (χ0v) is 51.5. The predicted molar refractivity (Wildman–Crippen MR) is 349 cm³/mol. The molecule has 6 aliphatic heterocycles. The highest BCUT2D eigenvalue weighted by atomic mass is 16.6. The van der Waals surface area contributed by atoms with Gasteiger partial charge in [0.25, 0.3) is 35.0 Å². The van der Waals surface area contributed by atoms with Crippen molar-refractivity contribution in [3.8, 4) is 34.5 Å². The molecule has 2 unspecified atom stereocenters. The van der Waals surface area contributed by atoms with Gasteiger partial charge in [0.1, 0.15) is 34.5 Å². The number of carbonyl (C=O) groups is 4. The molecule has 6 heterocycles. The Morgan fingerprint density at radius 1 is 0.457 bits per heavy atom. The summed E-state index contributed by atoms with van der Waals surface area (Å²) in [7, 11) is 3.91. The number of nitro groups is 2. The van der Waals surface area contributed by atoms with Gasteiger partial charge in [-0.25, -0.2) is 0 Å². The second kappa shape index (κ2) is 19.1. The number of fused-ring (bicyclic) bond motifs is 6. The fourth-order valence-electron chi connectivity index (χ4n) is 17.1. The van der Waals surface area contributed by atoms with Crippen molar-refractivity contribution in [2.75, 3.05) is 23.9 Å². The van der Waals surface area contributed by atoms with E-state index in [-0.39, 0.29) is 35.3 Å². The first-order valence-electron chi connectivity index (χ1n) is 31.7. The summed E-state index contributed by atoms with van der Waals surface area (Å²) in [6.45, 7) is 8.33. The van der Waals surface area contributed by atoms with Crippen LogP contribution in [-0.2, 0) is 10.8 Å². The third-order valence-corrected chi connectivity index (χ3v) is 21.9. The molecule has 2 saturated carbocycles. The van der Waals surface area contributed by atoms with Crippen LogP contribution in [0, 0.1) is 20.2 Å². The number of nitrogens with zero attached hydrogens (tertiary/aromatic N) is 6. The van der Waals surface area contributed by atoms with Crippen molar-refractivity contribution in [3.05, 3.63) is 186 Å². The highest BCUT2D eigenvalue weighted by Crippen LogP contribution is 2.59. The monoisotopic (exact) mass is 1230 g/mol. The molecule has 2 spiro atoms. The van der Waals surface area contributed by atoms with Gasteiger partial charge in [-0.3, -0.25) is 49.2 Å². The Morgan fingerprint density at radius 2 is 0.848 bits per heavy atom. The third kappa shape index (κ3) is 7.31. The zero-order valence-electron chi connectivity index (χ0n) is 51.5. The normalized spacial score (nSPS) is 21.8. The second-order valence-corrected chi connectivity index (χ2v) is 27.1. The average molecular weight is 1230 g/mol. The Morgan fingerprint density at radius 3 is 1.24 bits per heavy atom. The number of anilines is 2. The summed E-state index contributed by atoms with van der Waals surface area (Å²) in [6, 6.07) is 31.2. The highest BCUT2D eigenvalue weighted by Gasteiger charge is 2.60. The summed E-state index contributed by atoms with van der Waals surface area (Å²) in [4.78, 5) is 91.3. The molecule has 92 heavy (non-hydrogen) atoms. The number of rotatable bonds is 8. The number of benzene rings is 9. The Labute approximate surface area is 527 Å². The minimum atomic E-state index is -1.05. The molecule has 9 aromatic rings. The molecule has 17 rings (SSSR count). The maximum atomic E-state index is 15.6. The SMILES string of the molecule is CN1c2ccc(Oc3cc4c5c(ccc6c7c(Oc8ccc9c(c8)C(C)(C)C8(C=Cc%10cc([N+](=O)[O-])ccc%10O8)N9C)cc8c9c(ccc(c3c56)c97)C(=O)N(C3CCCCC3)C8=O)C(=O)N(C3CCCCC3)C4=O)cc2C(C)(C)C12C=Cc1cc([N+](=O)[O-])ccc1O2. The molecule has 8 aliphatic rings. The molecular weight excluding hydrogens is 1160 g/mol. The van der Waals surface area contributed by atoms with Gasteiger partial charge >= 0.3 is 0 Å². The number of imide groups is 2. The smallest absolute Gasteiger partial charge is 0.270 e. The average Bonchev–Trinajstić information content (AvgIpc) is 0.912. The summed E-state index contributed by atoms with van der Waals surface area (Å²) >= 11 is 0. The highest BCUT2D eigenvalue weighted by molar-refractivity contribution is 6.43. The number of hydrogen-bond acceptors (Lipinski definition) is 14. The van der Waals surface area contributed by atoms with Crippen molar-refractivity contribution in [2.24, 2.45) is 0 Å². The van der Waals surface area contributed by atoms with E-state index in [1.807, 2.05) is 86.9 Å². The molecule has 0 radical (unpaired) electrons. The van der Waals surface area contributed by atoms with E-state index >= 15 is 19.2 Å². The standard InChI is InChI=1S/C74H62N6O12/c1-71(2)53-35-45(19-25-55(53)75(5)73(71)31-29-39-33-43(79(85)86)17-27-57(39)91-73)89-59-37-51-61-49(67(81)77(69(51)83)41-13-9-7-10-14-41)24-22-48-64-60(38-52-62-50(23-21-47(66(62)64)63(59)65(48)61)68(82)78(70(52)84)42-15-11-8-12-16-42)90-46-20-26-56-54(36-46)72(3,4)74(76(56)6)32-30-40-34-44(80(87)88)18-28-58(40)92-74/h17-38,41-42H,7-16H2,1-6H3. The number of hydrogen-bond donors (Lipinski definition) is 0. The first kappa shape index (κ1) is 55.7. The van der Waals surface area contributed by atoms with Crippen molar-refractivity contribution < 1.29 is 48.0 Å². The van der Waals surface area contributed by atoms with Crippen molar-refractivity contribution in [3.63, 3.8) is 0 Å². The van der Waals surface area contributed by atoms with Crippen molar-refractivity contribution in [2.45, 2.75) is 126 Å². The third-order valence-electron chi connectivity index (χ3n) is 21.9. The summed E-state index contributed by atoms with van der Waals surface area (Å²) in [6.07, 6.45) is 16.0. The molecule has 0 bridgehead atoms. The number of amides is 4. The molecular formula is C74H62N6O12. The van der Waals surface area contributed by atoms with E-state index in [4.69, 9.17) is 18.9 Å². The van der Waals surface area contributed by atoms with Crippen LogP contribution >= 0.6 is 0 Å². The van der Waals surface area contributed by atoms with E-state index in [9.17, 15) is 20.2 Å². The lowest BCUT2D eigenvalue weighted by molar-refractivity contribution is -0.385. The van der Waals surface area contributed by atoms with Crippen LogP contribution in [0.15, 0.2) is 121 Å². The Balaban J connectivity index is 0.865. The van der Waals surface area contributed by atoms with Crippen LogP contribution in [0.3, 0.4) is 0 Å². The molecule has 4 amide bonds. The molecule has 18 heteroatoms. The minimum Gasteiger partial charge on any atom is -0.463 e. The lowest BCUT2D eigenvalue weighted by Gasteiger charge is -2.45. The van der Waals surface area contributed by atoms with Gasteiger partial charge < -0.3 is 28.7 Å². The van der Waals surface area contributed by atoms with Crippen molar-refractivity contribution in [1.82, 2.24) is 9.80 Å². The van der Waals surface area contributed by atoms with Gasteiger partial charge in [-0.2, -0.15) is 0 Å². The van der Waals surface area contributed by atoms with E-state index < -0.39 is 43.9 Å². The summed E-state index contributed by atoms with van der Waals surface area (Å²) < 4.78 is 28.5. The molecule has 0 saturated heterocycles. The van der Waals surface area contributed by atoms with Crippen LogP contribution in [0.25, 0.3) is 55.2 Å². The fourth-order valence-corrected chi connectivity index (χ4v) is 17.1. The second-order valence-electron chi connectivity index (χ2n) is 27.1. The Kier molecular flexibility index (Phi) is 11.6. The van der Waals surface area contributed by atoms with Gasteiger partial charge in [-0.1, -0.05) is 50.7 Å². The van der Waals surface area contributed by atoms with Crippen LogP contribution in [0.2, 0.25) is 0 Å². The molecule has 0 N–H and O–H groups in total. The summed E-state index contributed by atoms with van der Waals surface area (Å²) in [5.41, 5.74) is 2.37. The topological polar surface area (TPSA) is 204 Å². The fraction of sp³-hybridized carbons (Fsp3) is 0.297. The summed E-state index contributed by atoms with van der Waals surface area (Å²) in [5.74, 6) is 0.991. The maximum Gasteiger partial charge on any atom is 0.270 e. The Hall–Kier alpha value is -10.4. The van der Waals surface area contributed by atoms with Crippen LogP contribution in [0.1, 0.15) is 156 Å².